The number of rotatable bonds is 1. The van der Waals surface area contributed by atoms with Gasteiger partial charge in [0.05, 0.1) is 0 Å². The van der Waals surface area contributed by atoms with Gasteiger partial charge in [0.25, 0.3) is 0 Å². The number of carbonyl (C=O) groups excluding carboxylic acids is 2. The first-order valence-electron chi connectivity index (χ1n) is 11.2. The Balaban J connectivity index is 1.55. The second kappa shape index (κ2) is 5.79. The third-order valence-corrected chi connectivity index (χ3v) is 9.68. The van der Waals surface area contributed by atoms with Crippen LogP contribution in [0.5, 0.6) is 0 Å². The van der Waals surface area contributed by atoms with Crippen molar-refractivity contribution in [3.8, 4) is 0 Å². The third-order valence-electron chi connectivity index (χ3n) is 9.68. The molecule has 0 aromatic carbocycles. The largest absolute Gasteiger partial charge is 0.300 e. The molecular formula is C24H34O2. The summed E-state index contributed by atoms with van der Waals surface area (Å²) in [4.78, 5) is 25.3. The number of allylic oxidation sites excluding steroid dienone is 2. The van der Waals surface area contributed by atoms with Gasteiger partial charge in [0.1, 0.15) is 11.6 Å². The first kappa shape index (κ1) is 17.2. The summed E-state index contributed by atoms with van der Waals surface area (Å²) in [6.07, 6.45) is 14.7. The zero-order valence-corrected chi connectivity index (χ0v) is 16.6. The van der Waals surface area contributed by atoms with E-state index in [0.29, 0.717) is 46.6 Å². The number of hydrogen-bond donors (Lipinski definition) is 0. The zero-order chi connectivity index (χ0) is 18.1. The van der Waals surface area contributed by atoms with E-state index in [4.69, 9.17) is 0 Å². The van der Waals surface area contributed by atoms with Crippen LogP contribution in [0, 0.1) is 40.4 Å². The highest BCUT2D eigenvalue weighted by Gasteiger charge is 2.61. The van der Waals surface area contributed by atoms with Crippen molar-refractivity contribution >= 4 is 11.6 Å². The molecule has 0 N–H and O–H groups in total. The van der Waals surface area contributed by atoms with Crippen molar-refractivity contribution in [3.63, 3.8) is 0 Å². The number of carbonyl (C=O) groups is 2. The molecule has 26 heavy (non-hydrogen) atoms. The molecule has 0 heterocycles. The Kier molecular flexibility index (Phi) is 3.83. The predicted molar refractivity (Wildman–Crippen MR) is 103 cm³/mol. The van der Waals surface area contributed by atoms with Gasteiger partial charge in [-0.05, 0) is 79.4 Å². The SMILES string of the molecule is C[C@@]12CCC[C@H]1[C@@H]1C(=O)CC3CCC=C(C4CCC(=O)C4)[C@]3(C)[C@@H]1CC2. The number of hydrogen-bond acceptors (Lipinski definition) is 2. The van der Waals surface area contributed by atoms with E-state index < -0.39 is 0 Å². The van der Waals surface area contributed by atoms with Crippen LogP contribution in [0.25, 0.3) is 0 Å². The van der Waals surface area contributed by atoms with Gasteiger partial charge in [-0.3, -0.25) is 9.59 Å². The van der Waals surface area contributed by atoms with E-state index in [-0.39, 0.29) is 5.41 Å². The minimum Gasteiger partial charge on any atom is -0.300 e. The summed E-state index contributed by atoms with van der Waals surface area (Å²) in [5.41, 5.74) is 2.20. The molecule has 2 nitrogen and oxygen atoms in total. The lowest BCUT2D eigenvalue weighted by Crippen LogP contribution is -2.56. The van der Waals surface area contributed by atoms with Gasteiger partial charge in [-0.1, -0.05) is 31.9 Å². The predicted octanol–water partition coefficient (Wildman–Crippen LogP) is 5.50. The molecule has 2 unspecified atom stereocenters. The number of ketones is 2. The standard InChI is InChI=1S/C24H34O2/c1-23-11-4-7-19(23)22-20(10-12-23)24(2)16(14-21(22)26)5-3-6-18(24)15-8-9-17(25)13-15/h6,15-16,19-20,22H,3-5,7-14H2,1-2H3/t15?,16?,19-,20+,22-,23-,24+/m0/s1. The zero-order valence-electron chi connectivity index (χ0n) is 16.6. The molecule has 0 bridgehead atoms. The van der Waals surface area contributed by atoms with E-state index in [0.717, 1.165) is 32.1 Å². The van der Waals surface area contributed by atoms with Crippen molar-refractivity contribution < 1.29 is 9.59 Å². The van der Waals surface area contributed by atoms with Crippen LogP contribution in [-0.2, 0) is 9.59 Å². The average molecular weight is 355 g/mol. The Bertz CT molecular complexity index is 676. The second-order valence-electron chi connectivity index (χ2n) is 10.7. The van der Waals surface area contributed by atoms with Crippen molar-refractivity contribution in [1.82, 2.24) is 0 Å². The molecule has 0 aromatic rings. The van der Waals surface area contributed by atoms with Crippen molar-refractivity contribution in [1.29, 1.82) is 0 Å². The smallest absolute Gasteiger partial charge is 0.136 e. The molecule has 0 aliphatic heterocycles. The van der Waals surface area contributed by atoms with Gasteiger partial charge in [-0.15, -0.1) is 0 Å². The fourth-order valence-corrected chi connectivity index (χ4v) is 8.34. The van der Waals surface area contributed by atoms with Gasteiger partial charge in [0, 0.05) is 25.2 Å². The van der Waals surface area contributed by atoms with E-state index >= 15 is 0 Å². The fraction of sp³-hybridized carbons (Fsp3) is 0.833. The van der Waals surface area contributed by atoms with E-state index in [1.165, 1.54) is 38.5 Å². The highest BCUT2D eigenvalue weighted by Crippen LogP contribution is 2.67. The van der Waals surface area contributed by atoms with Crippen molar-refractivity contribution in [3.05, 3.63) is 11.6 Å². The molecule has 4 saturated carbocycles. The van der Waals surface area contributed by atoms with Gasteiger partial charge in [0.15, 0.2) is 0 Å². The monoisotopic (exact) mass is 354 g/mol. The minimum absolute atomic E-state index is 0.177. The van der Waals surface area contributed by atoms with Crippen LogP contribution in [0.3, 0.4) is 0 Å². The normalized spacial score (nSPS) is 50.8. The Morgan fingerprint density at radius 2 is 1.81 bits per heavy atom. The molecule has 7 atom stereocenters. The molecule has 5 aliphatic carbocycles. The van der Waals surface area contributed by atoms with E-state index in [9.17, 15) is 9.59 Å². The highest BCUT2D eigenvalue weighted by molar-refractivity contribution is 5.84. The minimum atomic E-state index is 0.177. The Labute approximate surface area is 158 Å². The first-order chi connectivity index (χ1) is 12.4. The molecule has 5 aliphatic rings. The van der Waals surface area contributed by atoms with Gasteiger partial charge in [0.2, 0.25) is 0 Å². The Hall–Kier alpha value is -0.920. The second-order valence-corrected chi connectivity index (χ2v) is 10.7. The van der Waals surface area contributed by atoms with E-state index in [1.54, 1.807) is 5.57 Å². The summed E-state index contributed by atoms with van der Waals surface area (Å²) in [5, 5.41) is 0. The van der Waals surface area contributed by atoms with Crippen molar-refractivity contribution in [2.45, 2.75) is 84.5 Å². The van der Waals surface area contributed by atoms with Gasteiger partial charge in [-0.25, -0.2) is 0 Å². The Morgan fingerprint density at radius 1 is 0.962 bits per heavy atom. The van der Waals surface area contributed by atoms with E-state index in [2.05, 4.69) is 19.9 Å². The average Bonchev–Trinajstić information content (AvgIpc) is 3.20. The van der Waals surface area contributed by atoms with Crippen LogP contribution >= 0.6 is 0 Å². The summed E-state index contributed by atoms with van der Waals surface area (Å²) < 4.78 is 0. The summed E-state index contributed by atoms with van der Waals surface area (Å²) >= 11 is 0. The van der Waals surface area contributed by atoms with Crippen LogP contribution in [-0.4, -0.2) is 11.6 Å². The molecule has 0 radical (unpaired) electrons. The molecule has 0 amide bonds. The van der Waals surface area contributed by atoms with Gasteiger partial charge in [-0.2, -0.15) is 0 Å². The summed E-state index contributed by atoms with van der Waals surface area (Å²) in [5.74, 6) is 3.51. The molecule has 0 saturated heterocycles. The Morgan fingerprint density at radius 3 is 2.58 bits per heavy atom. The lowest BCUT2D eigenvalue weighted by atomic mass is 9.43. The van der Waals surface area contributed by atoms with Crippen LogP contribution < -0.4 is 0 Å². The topological polar surface area (TPSA) is 34.1 Å². The van der Waals surface area contributed by atoms with Crippen LogP contribution in [0.2, 0.25) is 0 Å². The summed E-state index contributed by atoms with van der Waals surface area (Å²) in [7, 11) is 0. The van der Waals surface area contributed by atoms with Crippen LogP contribution in [0.1, 0.15) is 84.5 Å². The van der Waals surface area contributed by atoms with Crippen LogP contribution in [0.15, 0.2) is 11.6 Å². The summed E-state index contributed by atoms with van der Waals surface area (Å²) in [6.45, 7) is 4.98. The molecule has 142 valence electrons. The lowest BCUT2D eigenvalue weighted by molar-refractivity contribution is -0.148. The number of Topliss-reactive ketones (excluding diaryl/α,β-unsaturated/α-hetero) is 2. The van der Waals surface area contributed by atoms with Crippen LogP contribution in [0.4, 0.5) is 0 Å². The maximum Gasteiger partial charge on any atom is 0.136 e. The third kappa shape index (κ3) is 2.23. The van der Waals surface area contributed by atoms with Crippen molar-refractivity contribution in [2.75, 3.05) is 0 Å². The fourth-order valence-electron chi connectivity index (χ4n) is 8.34. The quantitative estimate of drug-likeness (QED) is 0.582. The summed E-state index contributed by atoms with van der Waals surface area (Å²) in [6, 6.07) is 0. The molecule has 5 rings (SSSR count). The molecule has 2 heteroatoms. The highest BCUT2D eigenvalue weighted by atomic mass is 16.1. The molecule has 4 fully saturated rings. The molecule has 0 spiro atoms. The molecule has 0 aromatic heterocycles. The molecular weight excluding hydrogens is 320 g/mol. The lowest BCUT2D eigenvalue weighted by Gasteiger charge is -2.60. The van der Waals surface area contributed by atoms with Gasteiger partial charge < -0.3 is 0 Å². The van der Waals surface area contributed by atoms with E-state index in [1.807, 2.05) is 0 Å². The van der Waals surface area contributed by atoms with Crippen molar-refractivity contribution in [2.24, 2.45) is 40.4 Å². The maximum atomic E-state index is 13.3. The first-order valence-corrected chi connectivity index (χ1v) is 11.2. The van der Waals surface area contributed by atoms with Gasteiger partial charge >= 0.3 is 0 Å². The number of fused-ring (bicyclic) bond motifs is 5. The maximum absolute atomic E-state index is 13.3.